The molecule has 0 unspecified atom stereocenters. The maximum absolute atomic E-state index is 13.5. The van der Waals surface area contributed by atoms with E-state index in [0.29, 0.717) is 35.4 Å². The fraction of sp³-hybridized carbons (Fsp3) is 0.308. The van der Waals surface area contributed by atoms with Crippen LogP contribution in [0.2, 0.25) is 0 Å². The number of nitrogens with zero attached hydrogens (tertiary/aromatic N) is 5. The molecule has 0 bridgehead atoms. The Morgan fingerprint density at radius 3 is 2.60 bits per heavy atom. The number of H-pyrrole nitrogens is 1. The number of anilines is 1. The lowest BCUT2D eigenvalue weighted by Gasteiger charge is -2.32. The molecule has 2 aromatic carbocycles. The van der Waals surface area contributed by atoms with E-state index in [1.54, 1.807) is 16.8 Å². The summed E-state index contributed by atoms with van der Waals surface area (Å²) >= 11 is 0. The zero-order valence-electron chi connectivity index (χ0n) is 19.5. The van der Waals surface area contributed by atoms with Gasteiger partial charge >= 0.3 is 0 Å². The van der Waals surface area contributed by atoms with E-state index in [4.69, 9.17) is 4.98 Å². The Balaban J connectivity index is 1.62. The Hall–Kier alpha value is -4.00. The number of hydrogen-bond donors (Lipinski definition) is 3. The number of hydrogen-bond acceptors (Lipinski definition) is 7. The minimum absolute atomic E-state index is 0.000299. The number of nitrogens with one attached hydrogen (secondary N) is 2. The summed E-state index contributed by atoms with van der Waals surface area (Å²) < 4.78 is 1.69. The van der Waals surface area contributed by atoms with E-state index in [0.717, 1.165) is 48.0 Å². The molecule has 4 aromatic rings. The van der Waals surface area contributed by atoms with Gasteiger partial charge in [0.1, 0.15) is 0 Å². The molecule has 0 atom stereocenters. The molecule has 3 heterocycles. The van der Waals surface area contributed by atoms with Gasteiger partial charge in [0.2, 0.25) is 5.95 Å². The fourth-order valence-corrected chi connectivity index (χ4v) is 4.62. The van der Waals surface area contributed by atoms with Crippen molar-refractivity contribution in [3.8, 4) is 28.5 Å². The summed E-state index contributed by atoms with van der Waals surface area (Å²) in [6.07, 6.45) is 3.81. The van der Waals surface area contributed by atoms with Crippen molar-refractivity contribution in [2.24, 2.45) is 0 Å². The lowest BCUT2D eigenvalue weighted by atomic mass is 9.99. The van der Waals surface area contributed by atoms with Crippen molar-refractivity contribution in [1.29, 1.82) is 5.26 Å². The van der Waals surface area contributed by atoms with Gasteiger partial charge in [-0.2, -0.15) is 10.4 Å². The minimum Gasteiger partial charge on any atom is -0.394 e. The van der Waals surface area contributed by atoms with Gasteiger partial charge in [-0.25, -0.2) is 4.98 Å². The summed E-state index contributed by atoms with van der Waals surface area (Å²) in [5, 5.41) is 27.1. The molecule has 0 spiro atoms. The predicted octanol–water partition coefficient (Wildman–Crippen LogP) is 2.51. The maximum atomic E-state index is 13.5. The van der Waals surface area contributed by atoms with Crippen LogP contribution in [0.5, 0.6) is 0 Å². The fourth-order valence-electron chi connectivity index (χ4n) is 4.62. The van der Waals surface area contributed by atoms with Crippen molar-refractivity contribution < 1.29 is 5.11 Å². The average Bonchev–Trinajstić information content (AvgIpc) is 3.30. The van der Waals surface area contributed by atoms with Crippen LogP contribution in [0, 0.1) is 11.3 Å². The Kier molecular flexibility index (Phi) is 6.31. The second kappa shape index (κ2) is 9.70. The SMILES string of the molecule is CNC1CCN(c2nc(-c3ccc(C#N)cc3)c(-c3ccc4nn(CCO)cc4c3)c(=O)[nH]2)CC1. The van der Waals surface area contributed by atoms with Crippen molar-refractivity contribution in [3.63, 3.8) is 0 Å². The smallest absolute Gasteiger partial charge is 0.260 e. The lowest BCUT2D eigenvalue weighted by Crippen LogP contribution is -2.42. The summed E-state index contributed by atoms with van der Waals surface area (Å²) in [7, 11) is 1.97. The third-order valence-corrected chi connectivity index (χ3v) is 6.57. The monoisotopic (exact) mass is 469 g/mol. The summed E-state index contributed by atoms with van der Waals surface area (Å²) in [4.78, 5) is 23.6. The van der Waals surface area contributed by atoms with Gasteiger partial charge in [0.25, 0.3) is 5.56 Å². The molecule has 3 N–H and O–H groups in total. The van der Waals surface area contributed by atoms with Crippen molar-refractivity contribution in [2.75, 3.05) is 31.6 Å². The first-order valence-electron chi connectivity index (χ1n) is 11.7. The normalized spacial score (nSPS) is 14.4. The molecule has 1 aliphatic rings. The Morgan fingerprint density at radius 1 is 1.17 bits per heavy atom. The van der Waals surface area contributed by atoms with Gasteiger partial charge in [0, 0.05) is 36.3 Å². The molecular formula is C26H27N7O2. The first kappa shape index (κ1) is 22.8. The van der Waals surface area contributed by atoms with Crippen LogP contribution < -0.4 is 15.8 Å². The summed E-state index contributed by atoms with van der Waals surface area (Å²) in [6, 6.07) is 15.4. The van der Waals surface area contributed by atoms with Crippen LogP contribution in [0.1, 0.15) is 18.4 Å². The molecular weight excluding hydrogens is 442 g/mol. The van der Waals surface area contributed by atoms with E-state index < -0.39 is 0 Å². The van der Waals surface area contributed by atoms with Crippen LogP contribution in [0.15, 0.2) is 53.5 Å². The highest BCUT2D eigenvalue weighted by atomic mass is 16.3. The maximum Gasteiger partial charge on any atom is 0.260 e. The summed E-state index contributed by atoms with van der Waals surface area (Å²) in [5.41, 5.74) is 3.67. The number of aromatic nitrogens is 4. The van der Waals surface area contributed by atoms with Crippen LogP contribution in [-0.4, -0.2) is 57.6 Å². The molecule has 1 saturated heterocycles. The van der Waals surface area contributed by atoms with E-state index in [1.165, 1.54) is 0 Å². The molecule has 0 aliphatic carbocycles. The summed E-state index contributed by atoms with van der Waals surface area (Å²) in [6.45, 7) is 2.01. The molecule has 35 heavy (non-hydrogen) atoms. The third kappa shape index (κ3) is 4.54. The first-order valence-corrected chi connectivity index (χ1v) is 11.7. The number of nitriles is 1. The second-order valence-electron chi connectivity index (χ2n) is 8.74. The lowest BCUT2D eigenvalue weighted by molar-refractivity contribution is 0.270. The van der Waals surface area contributed by atoms with Crippen molar-refractivity contribution in [3.05, 3.63) is 64.6 Å². The first-order chi connectivity index (χ1) is 17.1. The highest BCUT2D eigenvalue weighted by Crippen LogP contribution is 2.31. The van der Waals surface area contributed by atoms with Gasteiger partial charge in [-0.15, -0.1) is 0 Å². The number of aromatic amines is 1. The molecule has 9 heteroatoms. The number of fused-ring (bicyclic) bond motifs is 1. The molecule has 9 nitrogen and oxygen atoms in total. The summed E-state index contributed by atoms with van der Waals surface area (Å²) in [5.74, 6) is 0.560. The van der Waals surface area contributed by atoms with Crippen LogP contribution in [-0.2, 0) is 6.54 Å². The molecule has 2 aromatic heterocycles. The standard InChI is InChI=1S/C26H27N7O2/c1-28-21-8-10-32(11-9-21)26-29-24(18-4-2-17(15-27)3-5-18)23(25(35)30-26)19-6-7-22-20(14-19)16-33(31-22)12-13-34/h2-7,14,16,21,28,34H,8-13H2,1H3,(H,29,30,35). The average molecular weight is 470 g/mol. The number of rotatable bonds is 6. The Labute approximate surface area is 202 Å². The van der Waals surface area contributed by atoms with Gasteiger partial charge in [0.15, 0.2) is 0 Å². The Morgan fingerprint density at radius 2 is 1.91 bits per heavy atom. The second-order valence-corrected chi connectivity index (χ2v) is 8.74. The van der Waals surface area contributed by atoms with Gasteiger partial charge in [-0.3, -0.25) is 14.5 Å². The van der Waals surface area contributed by atoms with Gasteiger partial charge in [0.05, 0.1) is 41.6 Å². The molecule has 0 amide bonds. The number of piperidine rings is 1. The van der Waals surface area contributed by atoms with Gasteiger partial charge in [-0.1, -0.05) is 18.2 Å². The predicted molar refractivity (Wildman–Crippen MR) is 135 cm³/mol. The van der Waals surface area contributed by atoms with E-state index >= 15 is 0 Å². The zero-order chi connectivity index (χ0) is 24.4. The van der Waals surface area contributed by atoms with Crippen LogP contribution in [0.25, 0.3) is 33.3 Å². The van der Waals surface area contributed by atoms with Crippen LogP contribution in [0.3, 0.4) is 0 Å². The third-order valence-electron chi connectivity index (χ3n) is 6.57. The van der Waals surface area contributed by atoms with Crippen LogP contribution >= 0.6 is 0 Å². The largest absolute Gasteiger partial charge is 0.394 e. The molecule has 0 saturated carbocycles. The highest BCUT2D eigenvalue weighted by Gasteiger charge is 2.23. The minimum atomic E-state index is -0.216. The van der Waals surface area contributed by atoms with E-state index in [2.05, 4.69) is 26.4 Å². The molecule has 5 rings (SSSR count). The Bertz CT molecular complexity index is 1440. The van der Waals surface area contributed by atoms with Crippen molar-refractivity contribution >= 4 is 16.9 Å². The van der Waals surface area contributed by atoms with Crippen LogP contribution in [0.4, 0.5) is 5.95 Å². The van der Waals surface area contributed by atoms with Crippen molar-refractivity contribution in [1.82, 2.24) is 25.1 Å². The molecule has 178 valence electrons. The topological polar surface area (TPSA) is 123 Å². The number of aliphatic hydroxyl groups is 1. The molecule has 1 aliphatic heterocycles. The molecule has 0 radical (unpaired) electrons. The van der Waals surface area contributed by atoms with Gasteiger partial charge in [-0.05, 0) is 49.7 Å². The highest BCUT2D eigenvalue weighted by molar-refractivity contribution is 5.88. The quantitative estimate of drug-likeness (QED) is 0.396. The van der Waals surface area contributed by atoms with E-state index in [9.17, 15) is 15.2 Å². The number of benzene rings is 2. The van der Waals surface area contributed by atoms with E-state index in [1.807, 2.05) is 43.6 Å². The van der Waals surface area contributed by atoms with Crippen molar-refractivity contribution in [2.45, 2.75) is 25.4 Å². The van der Waals surface area contributed by atoms with Gasteiger partial charge < -0.3 is 15.3 Å². The van der Waals surface area contributed by atoms with E-state index in [-0.39, 0.29) is 12.2 Å². The zero-order valence-corrected chi connectivity index (χ0v) is 19.5. The number of aliphatic hydroxyl groups excluding tert-OH is 1. The molecule has 1 fully saturated rings.